The molecule has 0 saturated heterocycles. The van der Waals surface area contributed by atoms with E-state index in [9.17, 15) is 4.79 Å². The Morgan fingerprint density at radius 3 is 2.72 bits per heavy atom. The second-order valence-corrected chi connectivity index (χ2v) is 6.67. The molecule has 1 heterocycles. The minimum Gasteiger partial charge on any atom is -0.459 e. The van der Waals surface area contributed by atoms with Gasteiger partial charge in [-0.05, 0) is 44.1 Å². The van der Waals surface area contributed by atoms with Crippen molar-refractivity contribution in [1.29, 1.82) is 0 Å². The topological polar surface area (TPSA) is 52.3 Å². The first-order chi connectivity index (χ1) is 8.40. The lowest BCUT2D eigenvalue weighted by atomic mass is 9.82. The van der Waals surface area contributed by atoms with Gasteiger partial charge in [0.1, 0.15) is 5.00 Å². The number of rotatable bonds is 2. The van der Waals surface area contributed by atoms with E-state index >= 15 is 0 Å². The van der Waals surface area contributed by atoms with Gasteiger partial charge in [-0.3, -0.25) is 0 Å². The van der Waals surface area contributed by atoms with Crippen LogP contribution in [0.25, 0.3) is 0 Å². The summed E-state index contributed by atoms with van der Waals surface area (Å²) in [6, 6.07) is 0. The molecule has 100 valence electrons. The second-order valence-electron chi connectivity index (χ2n) is 5.58. The Kier molecular flexibility index (Phi) is 3.66. The highest BCUT2D eigenvalue weighted by Gasteiger charge is 2.31. The number of thiophene rings is 1. The maximum atomic E-state index is 12.1. The minimum absolute atomic E-state index is 0.106. The van der Waals surface area contributed by atoms with E-state index in [4.69, 9.17) is 10.5 Å². The summed E-state index contributed by atoms with van der Waals surface area (Å²) in [6.45, 7) is 8.16. The van der Waals surface area contributed by atoms with Crippen molar-refractivity contribution in [2.75, 3.05) is 5.73 Å². The van der Waals surface area contributed by atoms with Crippen molar-refractivity contribution >= 4 is 22.3 Å². The number of ether oxygens (including phenoxy) is 1. The van der Waals surface area contributed by atoms with E-state index in [1.807, 2.05) is 13.8 Å². The monoisotopic (exact) mass is 267 g/mol. The maximum absolute atomic E-state index is 12.1. The van der Waals surface area contributed by atoms with Gasteiger partial charge in [0, 0.05) is 4.88 Å². The molecule has 0 spiro atoms. The van der Waals surface area contributed by atoms with Gasteiger partial charge < -0.3 is 10.5 Å². The molecule has 4 heteroatoms. The fourth-order valence-electron chi connectivity index (χ4n) is 2.74. The van der Waals surface area contributed by atoms with E-state index in [0.717, 1.165) is 12.0 Å². The van der Waals surface area contributed by atoms with Crippen LogP contribution in [0.1, 0.15) is 60.8 Å². The highest BCUT2D eigenvalue weighted by atomic mass is 32.1. The largest absolute Gasteiger partial charge is 0.459 e. The van der Waals surface area contributed by atoms with Crippen molar-refractivity contribution in [1.82, 2.24) is 0 Å². The molecule has 1 aliphatic rings. The van der Waals surface area contributed by atoms with Gasteiger partial charge in [-0.1, -0.05) is 13.8 Å². The molecule has 2 unspecified atom stereocenters. The SMILES string of the molecule is CC1Cc2c(sc(N)c2C(=O)OC(C)C)C(C)C1. The fraction of sp³-hybridized carbons (Fsp3) is 0.643. The summed E-state index contributed by atoms with van der Waals surface area (Å²) in [5.74, 6) is 0.838. The third-order valence-corrected chi connectivity index (χ3v) is 4.66. The molecule has 0 aliphatic heterocycles. The van der Waals surface area contributed by atoms with Gasteiger partial charge in [-0.15, -0.1) is 11.3 Å². The van der Waals surface area contributed by atoms with Crippen LogP contribution in [0.5, 0.6) is 0 Å². The molecule has 3 nitrogen and oxygen atoms in total. The van der Waals surface area contributed by atoms with Gasteiger partial charge in [-0.25, -0.2) is 4.79 Å². The highest BCUT2D eigenvalue weighted by Crippen LogP contribution is 2.44. The molecule has 1 aromatic rings. The summed E-state index contributed by atoms with van der Waals surface area (Å²) in [6.07, 6.45) is 2.01. The Hall–Kier alpha value is -1.03. The zero-order chi connectivity index (χ0) is 13.4. The molecule has 2 atom stereocenters. The average Bonchev–Trinajstić information content (AvgIpc) is 2.53. The van der Waals surface area contributed by atoms with Crippen molar-refractivity contribution in [3.8, 4) is 0 Å². The van der Waals surface area contributed by atoms with Crippen molar-refractivity contribution in [2.45, 2.75) is 52.6 Å². The van der Waals surface area contributed by atoms with Crippen LogP contribution in [0.2, 0.25) is 0 Å². The Morgan fingerprint density at radius 2 is 2.11 bits per heavy atom. The van der Waals surface area contributed by atoms with E-state index in [-0.39, 0.29) is 12.1 Å². The van der Waals surface area contributed by atoms with Crippen molar-refractivity contribution in [2.24, 2.45) is 5.92 Å². The Morgan fingerprint density at radius 1 is 1.44 bits per heavy atom. The van der Waals surface area contributed by atoms with Crippen LogP contribution >= 0.6 is 11.3 Å². The van der Waals surface area contributed by atoms with E-state index in [1.54, 1.807) is 11.3 Å². The number of nitrogen functional groups attached to an aromatic ring is 1. The molecule has 1 aromatic heterocycles. The first-order valence-electron chi connectivity index (χ1n) is 6.52. The number of hydrogen-bond acceptors (Lipinski definition) is 4. The van der Waals surface area contributed by atoms with Crippen LogP contribution < -0.4 is 5.73 Å². The second kappa shape index (κ2) is 4.92. The number of carbonyl (C=O) groups is 1. The average molecular weight is 267 g/mol. The summed E-state index contributed by atoms with van der Waals surface area (Å²) >= 11 is 1.56. The molecular formula is C14H21NO2S. The van der Waals surface area contributed by atoms with Gasteiger partial charge in [0.05, 0.1) is 11.7 Å². The van der Waals surface area contributed by atoms with Gasteiger partial charge in [-0.2, -0.15) is 0 Å². The molecule has 0 fully saturated rings. The quantitative estimate of drug-likeness (QED) is 0.833. The maximum Gasteiger partial charge on any atom is 0.341 e. The van der Waals surface area contributed by atoms with E-state index in [1.165, 1.54) is 11.3 Å². The summed E-state index contributed by atoms with van der Waals surface area (Å²) in [4.78, 5) is 13.4. The molecule has 0 saturated carbocycles. The van der Waals surface area contributed by atoms with Crippen LogP contribution in [0.3, 0.4) is 0 Å². The number of fused-ring (bicyclic) bond motifs is 1. The summed E-state index contributed by atoms with van der Waals surface area (Å²) < 4.78 is 5.30. The number of hydrogen-bond donors (Lipinski definition) is 1. The molecule has 0 aromatic carbocycles. The Balaban J connectivity index is 2.40. The first-order valence-corrected chi connectivity index (χ1v) is 7.33. The lowest BCUT2D eigenvalue weighted by Gasteiger charge is -2.24. The van der Waals surface area contributed by atoms with Crippen LogP contribution in [-0.4, -0.2) is 12.1 Å². The number of nitrogens with two attached hydrogens (primary N) is 1. The van der Waals surface area contributed by atoms with E-state index < -0.39 is 0 Å². The lowest BCUT2D eigenvalue weighted by Crippen LogP contribution is -2.18. The first kappa shape index (κ1) is 13.4. The summed E-state index contributed by atoms with van der Waals surface area (Å²) in [5, 5.41) is 0.617. The van der Waals surface area contributed by atoms with E-state index in [2.05, 4.69) is 13.8 Å². The van der Waals surface area contributed by atoms with Crippen LogP contribution in [0, 0.1) is 5.92 Å². The zero-order valence-electron chi connectivity index (χ0n) is 11.4. The molecule has 0 radical (unpaired) electrons. The molecule has 0 amide bonds. The van der Waals surface area contributed by atoms with Gasteiger partial charge >= 0.3 is 5.97 Å². The minimum atomic E-state index is -0.263. The van der Waals surface area contributed by atoms with Crippen molar-refractivity contribution in [3.05, 3.63) is 16.0 Å². The number of esters is 1. The Labute approximate surface area is 112 Å². The van der Waals surface area contributed by atoms with Crippen LogP contribution in [0.15, 0.2) is 0 Å². The predicted molar refractivity (Wildman–Crippen MR) is 75.2 cm³/mol. The highest BCUT2D eigenvalue weighted by molar-refractivity contribution is 7.16. The number of carbonyl (C=O) groups excluding carboxylic acids is 1. The Bertz CT molecular complexity index is 465. The standard InChI is InChI=1S/C14H21NO2S/c1-7(2)17-14(16)11-10-6-8(3)5-9(4)12(10)18-13(11)15/h7-9H,5-6,15H2,1-4H3. The molecule has 2 rings (SSSR count). The molecule has 2 N–H and O–H groups in total. The van der Waals surface area contributed by atoms with Crippen LogP contribution in [-0.2, 0) is 11.2 Å². The smallest absolute Gasteiger partial charge is 0.341 e. The van der Waals surface area contributed by atoms with Crippen molar-refractivity contribution < 1.29 is 9.53 Å². The molecular weight excluding hydrogens is 246 g/mol. The van der Waals surface area contributed by atoms with E-state index in [0.29, 0.717) is 22.4 Å². The van der Waals surface area contributed by atoms with Gasteiger partial charge in [0.15, 0.2) is 0 Å². The lowest BCUT2D eigenvalue weighted by molar-refractivity contribution is 0.0378. The molecule has 18 heavy (non-hydrogen) atoms. The third kappa shape index (κ3) is 2.39. The predicted octanol–water partition coefficient (Wildman–Crippen LogP) is 3.58. The summed E-state index contributed by atoms with van der Waals surface area (Å²) in [5.41, 5.74) is 7.78. The fourth-order valence-corrected chi connectivity index (χ4v) is 3.89. The third-order valence-electron chi connectivity index (χ3n) is 3.37. The zero-order valence-corrected chi connectivity index (χ0v) is 12.3. The molecule has 1 aliphatic carbocycles. The number of anilines is 1. The normalized spacial score (nSPS) is 22.9. The molecule has 0 bridgehead atoms. The van der Waals surface area contributed by atoms with Crippen molar-refractivity contribution in [3.63, 3.8) is 0 Å². The summed E-state index contributed by atoms with van der Waals surface area (Å²) in [7, 11) is 0. The van der Waals surface area contributed by atoms with Crippen LogP contribution in [0.4, 0.5) is 5.00 Å². The van der Waals surface area contributed by atoms with Gasteiger partial charge in [0.25, 0.3) is 0 Å². The van der Waals surface area contributed by atoms with Gasteiger partial charge in [0.2, 0.25) is 0 Å².